The van der Waals surface area contributed by atoms with E-state index < -0.39 is 0 Å². The lowest BCUT2D eigenvalue weighted by atomic mass is 9.81. The van der Waals surface area contributed by atoms with Crippen molar-refractivity contribution in [3.63, 3.8) is 0 Å². The molecule has 0 spiro atoms. The summed E-state index contributed by atoms with van der Waals surface area (Å²) in [6.07, 6.45) is 8.87. The third-order valence-electron chi connectivity index (χ3n) is 2.83. The zero-order valence-corrected chi connectivity index (χ0v) is 7.40. The highest BCUT2D eigenvalue weighted by atomic mass is 14.2. The molecule has 1 aliphatic carbocycles. The van der Waals surface area contributed by atoms with E-state index in [9.17, 15) is 0 Å². The average molecular weight is 140 g/mol. The van der Waals surface area contributed by atoms with Gasteiger partial charge in [0.15, 0.2) is 0 Å². The summed E-state index contributed by atoms with van der Waals surface area (Å²) in [5.41, 5.74) is 0. The van der Waals surface area contributed by atoms with Crippen molar-refractivity contribution < 1.29 is 0 Å². The second-order valence-electron chi connectivity index (χ2n) is 3.91. The molecule has 0 bridgehead atoms. The van der Waals surface area contributed by atoms with Gasteiger partial charge in [0.25, 0.3) is 0 Å². The minimum Gasteiger partial charge on any atom is -0.0654 e. The van der Waals surface area contributed by atoms with Gasteiger partial charge in [-0.15, -0.1) is 0 Å². The molecule has 0 radical (unpaired) electrons. The third-order valence-corrected chi connectivity index (χ3v) is 2.83. The van der Waals surface area contributed by atoms with Gasteiger partial charge in [0, 0.05) is 0 Å². The van der Waals surface area contributed by atoms with Crippen molar-refractivity contribution in [2.24, 2.45) is 11.8 Å². The molecule has 0 unspecified atom stereocenters. The monoisotopic (exact) mass is 140 g/mol. The third kappa shape index (κ3) is 2.32. The predicted molar refractivity (Wildman–Crippen MR) is 46.0 cm³/mol. The molecule has 1 saturated carbocycles. The topological polar surface area (TPSA) is 0 Å². The first-order valence-electron chi connectivity index (χ1n) is 4.83. The SMILES string of the molecule is CCC[C@H]1CC[C@@H](C)CC1. The zero-order valence-electron chi connectivity index (χ0n) is 7.40. The molecule has 0 aromatic heterocycles. The lowest BCUT2D eigenvalue weighted by molar-refractivity contribution is 0.276. The highest BCUT2D eigenvalue weighted by Crippen LogP contribution is 2.30. The van der Waals surface area contributed by atoms with Crippen LogP contribution in [-0.2, 0) is 0 Å². The molecule has 0 aromatic rings. The van der Waals surface area contributed by atoms with Gasteiger partial charge in [0.1, 0.15) is 0 Å². The Morgan fingerprint density at radius 1 is 1.10 bits per heavy atom. The van der Waals surface area contributed by atoms with Crippen molar-refractivity contribution in [2.45, 2.75) is 52.4 Å². The van der Waals surface area contributed by atoms with Crippen LogP contribution in [0.3, 0.4) is 0 Å². The standard InChI is InChI=1S/C10H20/c1-3-4-10-7-5-9(2)6-8-10/h9-10H,3-8H2,1-2H3/t9-,10+. The van der Waals surface area contributed by atoms with E-state index in [-0.39, 0.29) is 0 Å². The van der Waals surface area contributed by atoms with Crippen LogP contribution in [0.15, 0.2) is 0 Å². The maximum Gasteiger partial charge on any atom is -0.0414 e. The molecule has 0 N–H and O–H groups in total. The van der Waals surface area contributed by atoms with Crippen molar-refractivity contribution in [3.8, 4) is 0 Å². The molecule has 0 heteroatoms. The summed E-state index contributed by atoms with van der Waals surface area (Å²) in [5.74, 6) is 2.11. The van der Waals surface area contributed by atoms with E-state index in [0.29, 0.717) is 0 Å². The van der Waals surface area contributed by atoms with E-state index in [1.54, 1.807) is 0 Å². The summed E-state index contributed by atoms with van der Waals surface area (Å²) in [6, 6.07) is 0. The summed E-state index contributed by atoms with van der Waals surface area (Å²) in [5, 5.41) is 0. The second-order valence-corrected chi connectivity index (χ2v) is 3.91. The van der Waals surface area contributed by atoms with Crippen molar-refractivity contribution in [2.75, 3.05) is 0 Å². The summed E-state index contributed by atoms with van der Waals surface area (Å²) in [7, 11) is 0. The van der Waals surface area contributed by atoms with E-state index in [2.05, 4.69) is 13.8 Å². The second kappa shape index (κ2) is 4.00. The Labute approximate surface area is 65.0 Å². The van der Waals surface area contributed by atoms with Gasteiger partial charge >= 0.3 is 0 Å². The molecule has 0 aliphatic heterocycles. The van der Waals surface area contributed by atoms with Crippen LogP contribution in [0.1, 0.15) is 52.4 Å². The molecule has 0 nitrogen and oxygen atoms in total. The summed E-state index contributed by atoms with van der Waals surface area (Å²) in [4.78, 5) is 0. The lowest BCUT2D eigenvalue weighted by Gasteiger charge is -2.25. The average Bonchev–Trinajstić information content (AvgIpc) is 1.95. The summed E-state index contributed by atoms with van der Waals surface area (Å²) < 4.78 is 0. The van der Waals surface area contributed by atoms with Gasteiger partial charge in [0.05, 0.1) is 0 Å². The molecule has 0 atom stereocenters. The van der Waals surface area contributed by atoms with E-state index >= 15 is 0 Å². The van der Waals surface area contributed by atoms with Gasteiger partial charge in [-0.05, 0) is 11.8 Å². The Hall–Kier alpha value is 0. The van der Waals surface area contributed by atoms with Crippen molar-refractivity contribution in [1.29, 1.82) is 0 Å². The van der Waals surface area contributed by atoms with Crippen LogP contribution in [0.4, 0.5) is 0 Å². The van der Waals surface area contributed by atoms with E-state index in [1.165, 1.54) is 38.5 Å². The largest absolute Gasteiger partial charge is 0.0654 e. The number of hydrogen-bond acceptors (Lipinski definition) is 0. The molecule has 1 rings (SSSR count). The Morgan fingerprint density at radius 2 is 1.70 bits per heavy atom. The first kappa shape index (κ1) is 8.10. The predicted octanol–water partition coefficient (Wildman–Crippen LogP) is 3.61. The molecule has 0 amide bonds. The number of hydrogen-bond donors (Lipinski definition) is 0. The summed E-state index contributed by atoms with van der Waals surface area (Å²) in [6.45, 7) is 4.69. The van der Waals surface area contributed by atoms with Crippen molar-refractivity contribution >= 4 is 0 Å². The Balaban J connectivity index is 2.13. The van der Waals surface area contributed by atoms with Gasteiger partial charge in [-0.1, -0.05) is 52.4 Å². The van der Waals surface area contributed by atoms with E-state index in [0.717, 1.165) is 11.8 Å². The number of rotatable bonds is 2. The van der Waals surface area contributed by atoms with Crippen LogP contribution >= 0.6 is 0 Å². The molecule has 0 saturated heterocycles. The van der Waals surface area contributed by atoms with E-state index in [4.69, 9.17) is 0 Å². The minimum absolute atomic E-state index is 1.02. The van der Waals surface area contributed by atoms with Gasteiger partial charge < -0.3 is 0 Å². The molecular formula is C10H20. The first-order valence-corrected chi connectivity index (χ1v) is 4.83. The fourth-order valence-corrected chi connectivity index (χ4v) is 2.03. The minimum atomic E-state index is 1.02. The Kier molecular flexibility index (Phi) is 3.24. The fraction of sp³-hybridized carbons (Fsp3) is 1.00. The van der Waals surface area contributed by atoms with Crippen LogP contribution in [0.25, 0.3) is 0 Å². The molecule has 60 valence electrons. The van der Waals surface area contributed by atoms with Crippen LogP contribution in [-0.4, -0.2) is 0 Å². The normalized spacial score (nSPS) is 34.2. The van der Waals surface area contributed by atoms with Gasteiger partial charge in [-0.3, -0.25) is 0 Å². The van der Waals surface area contributed by atoms with Crippen LogP contribution < -0.4 is 0 Å². The molecule has 1 fully saturated rings. The highest BCUT2D eigenvalue weighted by Gasteiger charge is 2.16. The van der Waals surface area contributed by atoms with Crippen molar-refractivity contribution in [1.82, 2.24) is 0 Å². The molecule has 10 heavy (non-hydrogen) atoms. The lowest BCUT2D eigenvalue weighted by Crippen LogP contribution is -2.11. The Morgan fingerprint density at radius 3 is 2.20 bits per heavy atom. The van der Waals surface area contributed by atoms with Gasteiger partial charge in [0.2, 0.25) is 0 Å². The fourth-order valence-electron chi connectivity index (χ4n) is 2.03. The maximum atomic E-state index is 2.39. The molecule has 0 heterocycles. The molecule has 1 aliphatic rings. The van der Waals surface area contributed by atoms with Crippen LogP contribution in [0.2, 0.25) is 0 Å². The van der Waals surface area contributed by atoms with E-state index in [1.807, 2.05) is 0 Å². The van der Waals surface area contributed by atoms with Gasteiger partial charge in [-0.25, -0.2) is 0 Å². The molecule has 0 aromatic carbocycles. The summed E-state index contributed by atoms with van der Waals surface area (Å²) >= 11 is 0. The van der Waals surface area contributed by atoms with Crippen molar-refractivity contribution in [3.05, 3.63) is 0 Å². The molecular weight excluding hydrogens is 120 g/mol. The van der Waals surface area contributed by atoms with Gasteiger partial charge in [-0.2, -0.15) is 0 Å². The Bertz CT molecular complexity index is 78.0. The zero-order chi connectivity index (χ0) is 7.40. The van der Waals surface area contributed by atoms with Crippen LogP contribution in [0, 0.1) is 11.8 Å². The first-order chi connectivity index (χ1) is 4.83. The highest BCUT2D eigenvalue weighted by molar-refractivity contribution is 4.69. The maximum absolute atomic E-state index is 2.39. The smallest absolute Gasteiger partial charge is 0.0414 e. The van der Waals surface area contributed by atoms with Crippen LogP contribution in [0.5, 0.6) is 0 Å². The quantitative estimate of drug-likeness (QED) is 0.549.